The van der Waals surface area contributed by atoms with Crippen LogP contribution < -0.4 is 11.1 Å². The predicted molar refractivity (Wildman–Crippen MR) is 65.7 cm³/mol. The van der Waals surface area contributed by atoms with Gasteiger partial charge in [-0.05, 0) is 24.1 Å². The summed E-state index contributed by atoms with van der Waals surface area (Å²) in [6, 6.07) is 5.59. The fourth-order valence-electron chi connectivity index (χ4n) is 1.48. The van der Waals surface area contributed by atoms with Gasteiger partial charge in [0, 0.05) is 6.54 Å². The molecule has 0 aliphatic heterocycles. The first-order valence-electron chi connectivity index (χ1n) is 5.91. The summed E-state index contributed by atoms with van der Waals surface area (Å²) in [6.07, 6.45) is 2.68. The van der Waals surface area contributed by atoms with Gasteiger partial charge in [-0.2, -0.15) is 0 Å². The predicted octanol–water partition coefficient (Wildman–Crippen LogP) is 1.96. The summed E-state index contributed by atoms with van der Waals surface area (Å²) in [4.78, 5) is 11.6. The van der Waals surface area contributed by atoms with E-state index in [9.17, 15) is 9.18 Å². The van der Waals surface area contributed by atoms with Crippen LogP contribution in [0, 0.1) is 5.82 Å². The van der Waals surface area contributed by atoms with Gasteiger partial charge in [-0.3, -0.25) is 4.79 Å². The van der Waals surface area contributed by atoms with Gasteiger partial charge in [0.15, 0.2) is 0 Å². The fraction of sp³-hybridized carbons (Fsp3) is 0.462. The molecule has 0 fully saturated rings. The summed E-state index contributed by atoms with van der Waals surface area (Å²) in [7, 11) is 0. The molecule has 3 nitrogen and oxygen atoms in total. The molecule has 3 N–H and O–H groups in total. The van der Waals surface area contributed by atoms with Crippen molar-refractivity contribution < 1.29 is 9.18 Å². The molecular formula is C13H19FN2O. The summed E-state index contributed by atoms with van der Waals surface area (Å²) in [5, 5.41) is 2.74. The summed E-state index contributed by atoms with van der Waals surface area (Å²) in [5.41, 5.74) is 6.58. The quantitative estimate of drug-likeness (QED) is 0.796. The highest BCUT2D eigenvalue weighted by molar-refractivity contribution is 5.81. The lowest BCUT2D eigenvalue weighted by molar-refractivity contribution is -0.122. The molecule has 17 heavy (non-hydrogen) atoms. The molecule has 0 saturated carbocycles. The van der Waals surface area contributed by atoms with Crippen LogP contribution in [0.15, 0.2) is 24.3 Å². The van der Waals surface area contributed by atoms with Crippen LogP contribution in [0.1, 0.15) is 31.7 Å². The van der Waals surface area contributed by atoms with Gasteiger partial charge in [-0.15, -0.1) is 0 Å². The molecule has 1 amide bonds. The van der Waals surface area contributed by atoms with Crippen LogP contribution in [0.2, 0.25) is 0 Å². The first-order chi connectivity index (χ1) is 8.13. The first kappa shape index (κ1) is 13.6. The average molecular weight is 238 g/mol. The van der Waals surface area contributed by atoms with Gasteiger partial charge >= 0.3 is 0 Å². The van der Waals surface area contributed by atoms with Crippen LogP contribution in [-0.2, 0) is 11.3 Å². The number of unbranched alkanes of at least 4 members (excludes halogenated alkanes) is 1. The van der Waals surface area contributed by atoms with Crippen LogP contribution in [0.5, 0.6) is 0 Å². The maximum Gasteiger partial charge on any atom is 0.237 e. The van der Waals surface area contributed by atoms with E-state index in [1.807, 2.05) is 0 Å². The smallest absolute Gasteiger partial charge is 0.237 e. The van der Waals surface area contributed by atoms with E-state index in [1.54, 1.807) is 12.1 Å². The number of nitrogens with one attached hydrogen (secondary N) is 1. The molecule has 94 valence electrons. The minimum atomic E-state index is -0.449. The Morgan fingerprint density at radius 2 is 2.06 bits per heavy atom. The van der Waals surface area contributed by atoms with Gasteiger partial charge in [0.05, 0.1) is 6.04 Å². The van der Waals surface area contributed by atoms with Crippen LogP contribution in [0.25, 0.3) is 0 Å². The van der Waals surface area contributed by atoms with E-state index in [-0.39, 0.29) is 11.7 Å². The monoisotopic (exact) mass is 238 g/mol. The number of hydrogen-bond acceptors (Lipinski definition) is 2. The summed E-state index contributed by atoms with van der Waals surface area (Å²) < 4.78 is 12.6. The third kappa shape index (κ3) is 4.95. The van der Waals surface area contributed by atoms with Crippen molar-refractivity contribution in [3.63, 3.8) is 0 Å². The number of nitrogens with two attached hydrogens (primary N) is 1. The van der Waals surface area contributed by atoms with Crippen LogP contribution in [-0.4, -0.2) is 11.9 Å². The third-order valence-corrected chi connectivity index (χ3v) is 2.59. The molecule has 0 spiro atoms. The third-order valence-electron chi connectivity index (χ3n) is 2.59. The number of carbonyl (C=O) groups is 1. The Kier molecular flexibility index (Phi) is 5.63. The van der Waals surface area contributed by atoms with E-state index in [0.717, 1.165) is 18.4 Å². The molecule has 0 aromatic heterocycles. The second-order valence-corrected chi connectivity index (χ2v) is 4.09. The number of amides is 1. The average Bonchev–Trinajstić information content (AvgIpc) is 2.34. The molecule has 1 aromatic carbocycles. The molecule has 1 atom stereocenters. The van der Waals surface area contributed by atoms with Crippen molar-refractivity contribution in [1.29, 1.82) is 0 Å². The Morgan fingerprint density at radius 1 is 1.41 bits per heavy atom. The molecule has 0 aliphatic rings. The zero-order valence-corrected chi connectivity index (χ0v) is 10.1. The van der Waals surface area contributed by atoms with E-state index < -0.39 is 6.04 Å². The number of rotatable bonds is 6. The minimum absolute atomic E-state index is 0.150. The van der Waals surface area contributed by atoms with Gasteiger partial charge < -0.3 is 11.1 Å². The number of benzene rings is 1. The molecule has 1 unspecified atom stereocenters. The van der Waals surface area contributed by atoms with E-state index in [2.05, 4.69) is 12.2 Å². The van der Waals surface area contributed by atoms with Gasteiger partial charge in [0.2, 0.25) is 5.91 Å². The largest absolute Gasteiger partial charge is 0.351 e. The van der Waals surface area contributed by atoms with Crippen molar-refractivity contribution in [2.24, 2.45) is 5.73 Å². The number of carbonyl (C=O) groups excluding carboxylic acids is 1. The Labute approximate surface area is 101 Å². The number of hydrogen-bond donors (Lipinski definition) is 2. The highest BCUT2D eigenvalue weighted by Crippen LogP contribution is 2.03. The highest BCUT2D eigenvalue weighted by atomic mass is 19.1. The van der Waals surface area contributed by atoms with Gasteiger partial charge in [0.1, 0.15) is 5.82 Å². The molecule has 0 bridgehead atoms. The molecule has 0 heterocycles. The topological polar surface area (TPSA) is 55.1 Å². The second-order valence-electron chi connectivity index (χ2n) is 4.09. The lowest BCUT2D eigenvalue weighted by Crippen LogP contribution is -2.40. The highest BCUT2D eigenvalue weighted by Gasteiger charge is 2.11. The molecule has 0 radical (unpaired) electrons. The Hall–Kier alpha value is -1.42. The lowest BCUT2D eigenvalue weighted by atomic mass is 10.1. The van der Waals surface area contributed by atoms with Crippen LogP contribution >= 0.6 is 0 Å². The van der Waals surface area contributed by atoms with E-state index in [4.69, 9.17) is 5.73 Å². The summed E-state index contributed by atoms with van der Waals surface area (Å²) >= 11 is 0. The van der Waals surface area contributed by atoms with Crippen molar-refractivity contribution in [3.05, 3.63) is 35.6 Å². The normalized spacial score (nSPS) is 12.2. The van der Waals surface area contributed by atoms with Gasteiger partial charge in [-0.25, -0.2) is 4.39 Å². The first-order valence-corrected chi connectivity index (χ1v) is 5.91. The van der Waals surface area contributed by atoms with E-state index in [0.29, 0.717) is 13.0 Å². The maximum absolute atomic E-state index is 12.6. The molecule has 1 rings (SSSR count). The SMILES string of the molecule is CCCCC(N)C(=O)NCc1ccc(F)cc1. The van der Waals surface area contributed by atoms with Crippen LogP contribution in [0.3, 0.4) is 0 Å². The van der Waals surface area contributed by atoms with Gasteiger partial charge in [-0.1, -0.05) is 31.9 Å². The molecule has 4 heteroatoms. The van der Waals surface area contributed by atoms with Crippen LogP contribution in [0.4, 0.5) is 4.39 Å². The molecule has 0 aliphatic carbocycles. The van der Waals surface area contributed by atoms with E-state index >= 15 is 0 Å². The maximum atomic E-state index is 12.6. The Bertz CT molecular complexity index is 351. The van der Waals surface area contributed by atoms with Gasteiger partial charge in [0.25, 0.3) is 0 Å². The standard InChI is InChI=1S/C13H19FN2O/c1-2-3-4-12(15)13(17)16-9-10-5-7-11(14)8-6-10/h5-8,12H,2-4,9,15H2,1H3,(H,16,17). The molecule has 1 aromatic rings. The second kappa shape index (κ2) is 7.01. The van der Waals surface area contributed by atoms with E-state index in [1.165, 1.54) is 12.1 Å². The zero-order valence-electron chi connectivity index (χ0n) is 10.1. The van der Waals surface area contributed by atoms with Crippen molar-refractivity contribution in [3.8, 4) is 0 Å². The molecular weight excluding hydrogens is 219 g/mol. The summed E-state index contributed by atoms with van der Waals surface area (Å²) in [5.74, 6) is -0.428. The van der Waals surface area contributed by atoms with Crippen molar-refractivity contribution >= 4 is 5.91 Å². The fourth-order valence-corrected chi connectivity index (χ4v) is 1.48. The van der Waals surface area contributed by atoms with Crippen molar-refractivity contribution in [2.75, 3.05) is 0 Å². The Morgan fingerprint density at radius 3 is 2.65 bits per heavy atom. The number of halogens is 1. The summed E-state index contributed by atoms with van der Waals surface area (Å²) in [6.45, 7) is 2.45. The molecule has 0 saturated heterocycles. The minimum Gasteiger partial charge on any atom is -0.351 e. The zero-order chi connectivity index (χ0) is 12.7. The van der Waals surface area contributed by atoms with Crippen molar-refractivity contribution in [1.82, 2.24) is 5.32 Å². The lowest BCUT2D eigenvalue weighted by Gasteiger charge is -2.11. The van der Waals surface area contributed by atoms with Crippen molar-refractivity contribution in [2.45, 2.75) is 38.8 Å². The Balaban J connectivity index is 2.34.